The molecule has 0 saturated heterocycles. The fourth-order valence-electron chi connectivity index (χ4n) is 3.52. The molecule has 0 fully saturated rings. The van der Waals surface area contributed by atoms with E-state index in [0.29, 0.717) is 22.5 Å². The van der Waals surface area contributed by atoms with E-state index in [4.69, 9.17) is 11.6 Å². The van der Waals surface area contributed by atoms with Crippen molar-refractivity contribution in [2.75, 3.05) is 5.32 Å². The van der Waals surface area contributed by atoms with E-state index >= 15 is 0 Å². The Balaban J connectivity index is 1.82. The number of hydrogen-bond acceptors (Lipinski definition) is 4. The number of thiophene rings is 1. The minimum absolute atomic E-state index is 0.243. The van der Waals surface area contributed by atoms with Crippen molar-refractivity contribution in [2.24, 2.45) is 0 Å². The molecular formula is C22H20ClN3O2S. The Labute approximate surface area is 176 Å². The summed E-state index contributed by atoms with van der Waals surface area (Å²) in [6, 6.07) is 12.4. The number of benzene rings is 2. The van der Waals surface area contributed by atoms with E-state index in [0.717, 1.165) is 26.0 Å². The van der Waals surface area contributed by atoms with Crippen molar-refractivity contribution in [3.05, 3.63) is 69.1 Å². The lowest BCUT2D eigenvalue weighted by Crippen LogP contribution is -2.35. The van der Waals surface area contributed by atoms with Gasteiger partial charge in [0.15, 0.2) is 0 Å². The number of nitrogens with one attached hydrogen (secondary N) is 1. The van der Waals surface area contributed by atoms with Gasteiger partial charge in [-0.3, -0.25) is 9.59 Å². The minimum Gasteiger partial charge on any atom is -0.324 e. The smallest absolute Gasteiger partial charge is 0.276 e. The Morgan fingerprint density at radius 1 is 1.21 bits per heavy atom. The van der Waals surface area contributed by atoms with Gasteiger partial charge >= 0.3 is 0 Å². The van der Waals surface area contributed by atoms with Crippen molar-refractivity contribution < 1.29 is 4.79 Å². The normalized spacial score (nSPS) is 12.4. The molecule has 4 rings (SSSR count). The summed E-state index contributed by atoms with van der Waals surface area (Å²) in [4.78, 5) is 26.4. The summed E-state index contributed by atoms with van der Waals surface area (Å²) in [7, 11) is 0. The molecule has 0 radical (unpaired) electrons. The molecule has 29 heavy (non-hydrogen) atoms. The van der Waals surface area contributed by atoms with E-state index in [-0.39, 0.29) is 11.5 Å². The van der Waals surface area contributed by atoms with Crippen molar-refractivity contribution in [1.29, 1.82) is 0 Å². The first-order valence-corrected chi connectivity index (χ1v) is 10.6. The van der Waals surface area contributed by atoms with Gasteiger partial charge in [0.2, 0.25) is 5.91 Å². The molecule has 4 aromatic rings. The van der Waals surface area contributed by atoms with Crippen molar-refractivity contribution >= 4 is 54.7 Å². The molecule has 2 aromatic carbocycles. The van der Waals surface area contributed by atoms with Gasteiger partial charge in [0.05, 0.1) is 15.8 Å². The summed E-state index contributed by atoms with van der Waals surface area (Å²) in [5.74, 6) is -0.286. The van der Waals surface area contributed by atoms with Crippen LogP contribution in [-0.4, -0.2) is 15.7 Å². The summed E-state index contributed by atoms with van der Waals surface area (Å²) in [5, 5.41) is 9.51. The number of nitrogens with zero attached hydrogens (tertiary/aromatic N) is 2. The molecule has 0 aliphatic heterocycles. The molecule has 7 heteroatoms. The van der Waals surface area contributed by atoms with Crippen molar-refractivity contribution in [2.45, 2.75) is 33.2 Å². The number of aromatic nitrogens is 2. The number of fused-ring (bicyclic) bond motifs is 3. The van der Waals surface area contributed by atoms with Gasteiger partial charge in [0.25, 0.3) is 5.56 Å². The maximum atomic E-state index is 13.3. The fourth-order valence-corrected chi connectivity index (χ4v) is 4.83. The maximum absolute atomic E-state index is 13.3. The van der Waals surface area contributed by atoms with Crippen LogP contribution in [-0.2, 0) is 4.79 Å². The monoisotopic (exact) mass is 425 g/mol. The number of anilines is 1. The quantitative estimate of drug-likeness (QED) is 0.471. The van der Waals surface area contributed by atoms with Gasteiger partial charge in [-0.2, -0.15) is 5.10 Å². The average Bonchev–Trinajstić information content (AvgIpc) is 3.10. The second-order valence-electron chi connectivity index (χ2n) is 6.96. The summed E-state index contributed by atoms with van der Waals surface area (Å²) in [5.41, 5.74) is 1.92. The molecule has 0 spiro atoms. The molecule has 1 atom stereocenters. The lowest BCUT2D eigenvalue weighted by Gasteiger charge is -2.18. The summed E-state index contributed by atoms with van der Waals surface area (Å²) in [6.45, 7) is 5.59. The highest BCUT2D eigenvalue weighted by molar-refractivity contribution is 7.26. The van der Waals surface area contributed by atoms with Crippen LogP contribution in [0.25, 0.3) is 20.2 Å². The fraction of sp³-hybridized carbons (Fsp3) is 0.227. The number of rotatable bonds is 4. The molecule has 5 nitrogen and oxygen atoms in total. The third-order valence-corrected chi connectivity index (χ3v) is 6.80. The van der Waals surface area contributed by atoms with Crippen LogP contribution >= 0.6 is 22.9 Å². The first kappa shape index (κ1) is 19.6. The van der Waals surface area contributed by atoms with Crippen molar-refractivity contribution in [3.63, 3.8) is 0 Å². The first-order valence-electron chi connectivity index (χ1n) is 9.39. The highest BCUT2D eigenvalue weighted by Gasteiger charge is 2.24. The van der Waals surface area contributed by atoms with Crippen LogP contribution in [0.2, 0.25) is 5.02 Å². The highest BCUT2D eigenvalue weighted by Crippen LogP contribution is 2.33. The van der Waals surface area contributed by atoms with Gasteiger partial charge in [-0.1, -0.05) is 42.8 Å². The summed E-state index contributed by atoms with van der Waals surface area (Å²) in [6.07, 6.45) is 0.436. The van der Waals surface area contributed by atoms with E-state index in [9.17, 15) is 9.59 Å². The van der Waals surface area contributed by atoms with Crippen LogP contribution < -0.4 is 10.9 Å². The number of halogens is 1. The van der Waals surface area contributed by atoms with Gasteiger partial charge in [-0.15, -0.1) is 11.3 Å². The second-order valence-corrected chi connectivity index (χ2v) is 8.42. The Kier molecular flexibility index (Phi) is 5.15. The number of carbonyl (C=O) groups is 1. The average molecular weight is 426 g/mol. The molecule has 1 N–H and O–H groups in total. The molecule has 148 valence electrons. The molecule has 0 aliphatic rings. The van der Waals surface area contributed by atoms with Crippen molar-refractivity contribution in [1.82, 2.24) is 9.78 Å². The zero-order valence-corrected chi connectivity index (χ0v) is 17.9. The number of hydrogen-bond donors (Lipinski definition) is 1. The highest BCUT2D eigenvalue weighted by atomic mass is 35.5. The van der Waals surface area contributed by atoms with Crippen molar-refractivity contribution in [3.8, 4) is 0 Å². The Morgan fingerprint density at radius 3 is 2.72 bits per heavy atom. The van der Waals surface area contributed by atoms with Gasteiger partial charge in [-0.05, 0) is 44.0 Å². The zero-order chi connectivity index (χ0) is 20.7. The lowest BCUT2D eigenvalue weighted by molar-refractivity contribution is -0.119. The molecule has 0 saturated carbocycles. The molecule has 0 aliphatic carbocycles. The summed E-state index contributed by atoms with van der Waals surface area (Å²) < 4.78 is 3.23. The van der Waals surface area contributed by atoms with Crippen LogP contribution in [0.3, 0.4) is 0 Å². The third kappa shape index (κ3) is 3.32. The Bertz CT molecular complexity index is 1310. The molecular weight excluding hydrogens is 406 g/mol. The molecule has 2 heterocycles. The Morgan fingerprint density at radius 2 is 1.97 bits per heavy atom. The molecule has 1 amide bonds. The van der Waals surface area contributed by atoms with Crippen LogP contribution in [0.5, 0.6) is 0 Å². The van der Waals surface area contributed by atoms with E-state index in [1.807, 2.05) is 45.0 Å². The van der Waals surface area contributed by atoms with E-state index in [1.165, 1.54) is 4.68 Å². The predicted molar refractivity (Wildman–Crippen MR) is 120 cm³/mol. The SMILES string of the molecule is CC[C@H](C(=O)Nc1cccc(Cl)c1C)n1nc(C)c2sc3ccccc3c2c1=O. The molecule has 2 aromatic heterocycles. The maximum Gasteiger partial charge on any atom is 0.276 e. The molecule has 0 unspecified atom stereocenters. The van der Waals surface area contributed by atoms with E-state index in [1.54, 1.807) is 29.5 Å². The minimum atomic E-state index is -0.720. The van der Waals surface area contributed by atoms with Crippen LogP contribution in [0.4, 0.5) is 5.69 Å². The lowest BCUT2D eigenvalue weighted by atomic mass is 10.1. The standard InChI is InChI=1S/C22H20ClN3O2S/c1-4-17(21(27)24-16-10-7-9-15(23)12(16)2)26-22(28)19-14-8-5-6-11-18(14)29-20(19)13(3)25-26/h5-11,17H,4H2,1-3H3,(H,24,27)/t17-/m1/s1. The van der Waals surface area contributed by atoms with Gasteiger partial charge < -0.3 is 5.32 Å². The molecule has 0 bridgehead atoms. The largest absolute Gasteiger partial charge is 0.324 e. The second kappa shape index (κ2) is 7.61. The van der Waals surface area contributed by atoms with Gasteiger partial charge in [0, 0.05) is 20.8 Å². The topological polar surface area (TPSA) is 64.0 Å². The zero-order valence-electron chi connectivity index (χ0n) is 16.3. The number of amides is 1. The third-order valence-electron chi connectivity index (χ3n) is 5.11. The number of aryl methyl sites for hydroxylation is 1. The van der Waals surface area contributed by atoms with E-state index in [2.05, 4.69) is 10.4 Å². The van der Waals surface area contributed by atoms with Crippen LogP contribution in [0, 0.1) is 13.8 Å². The first-order chi connectivity index (χ1) is 13.9. The van der Waals surface area contributed by atoms with Gasteiger partial charge in [0.1, 0.15) is 6.04 Å². The van der Waals surface area contributed by atoms with E-state index < -0.39 is 6.04 Å². The van der Waals surface area contributed by atoms with Crippen LogP contribution in [0.15, 0.2) is 47.3 Å². The summed E-state index contributed by atoms with van der Waals surface area (Å²) >= 11 is 7.72. The number of carbonyl (C=O) groups excluding carboxylic acids is 1. The Hall–Kier alpha value is -2.70. The van der Waals surface area contributed by atoms with Crippen LogP contribution in [0.1, 0.15) is 30.6 Å². The van der Waals surface area contributed by atoms with Gasteiger partial charge in [-0.25, -0.2) is 4.68 Å². The predicted octanol–water partition coefficient (Wildman–Crippen LogP) is 5.47.